The number of anilines is 2. The highest BCUT2D eigenvalue weighted by molar-refractivity contribution is 7.80. The molecule has 0 radical (unpaired) electrons. The van der Waals surface area contributed by atoms with Gasteiger partial charge in [-0.15, -0.1) is 0 Å². The highest BCUT2D eigenvalue weighted by atomic mass is 31.1. The van der Waals surface area contributed by atoms with Crippen molar-refractivity contribution in [1.82, 2.24) is 0 Å². The van der Waals surface area contributed by atoms with E-state index in [1.165, 1.54) is 27.3 Å². The number of fused-ring (bicyclic) bond motifs is 2. The normalized spacial score (nSPS) is 11.3. The molecule has 0 aliphatic rings. The van der Waals surface area contributed by atoms with Crippen molar-refractivity contribution in [2.75, 3.05) is 38.0 Å². The summed E-state index contributed by atoms with van der Waals surface area (Å²) in [5.74, 6) is 0.303. The van der Waals surface area contributed by atoms with Gasteiger partial charge in [-0.3, -0.25) is 0 Å². The first-order valence-corrected chi connectivity index (χ1v) is 14.8. The summed E-state index contributed by atoms with van der Waals surface area (Å²) < 4.78 is 0. The van der Waals surface area contributed by atoms with Crippen molar-refractivity contribution in [3.05, 3.63) is 121 Å². The summed E-state index contributed by atoms with van der Waals surface area (Å²) in [4.78, 5) is 4.26. The zero-order valence-corrected chi connectivity index (χ0v) is 24.2. The van der Waals surface area contributed by atoms with E-state index in [0.29, 0.717) is 5.75 Å². The van der Waals surface area contributed by atoms with E-state index >= 15 is 0 Å². The van der Waals surface area contributed by atoms with Gasteiger partial charge in [-0.1, -0.05) is 91.0 Å². The van der Waals surface area contributed by atoms with Gasteiger partial charge in [0.2, 0.25) is 0 Å². The van der Waals surface area contributed by atoms with Gasteiger partial charge in [0.05, 0.1) is 0 Å². The monoisotopic (exact) mass is 540 g/mol. The van der Waals surface area contributed by atoms with Crippen LogP contribution < -0.4 is 25.7 Å². The second-order valence-corrected chi connectivity index (χ2v) is 12.7. The van der Waals surface area contributed by atoms with Crippen LogP contribution in [0.4, 0.5) is 11.4 Å². The standard InChI is InChI=1S/C36H33N2OP/c1-37(2)27-15-19-29(20-16-27)40(30-21-17-28(18-22-30)38(3)4)34-24-14-26-10-6-8-12-32(26)36(34)35-31-11-7-5-9-25(31)13-23-33(35)39/h5-24,39H,1-4H3. The Labute approximate surface area is 237 Å². The molecule has 0 amide bonds. The summed E-state index contributed by atoms with van der Waals surface area (Å²) >= 11 is 0. The van der Waals surface area contributed by atoms with E-state index in [1.807, 2.05) is 12.1 Å². The van der Waals surface area contributed by atoms with E-state index < -0.39 is 7.92 Å². The van der Waals surface area contributed by atoms with Crippen molar-refractivity contribution in [2.45, 2.75) is 0 Å². The minimum absolute atomic E-state index is 0.303. The van der Waals surface area contributed by atoms with E-state index in [-0.39, 0.29) is 0 Å². The van der Waals surface area contributed by atoms with Gasteiger partial charge in [0.15, 0.2) is 0 Å². The third-order valence-corrected chi connectivity index (χ3v) is 10.0. The Morgan fingerprint density at radius 2 is 0.925 bits per heavy atom. The second-order valence-electron chi connectivity index (χ2n) is 10.5. The summed E-state index contributed by atoms with van der Waals surface area (Å²) in [5, 5.41) is 19.7. The molecule has 6 aromatic carbocycles. The van der Waals surface area contributed by atoms with Crippen LogP contribution in [0.2, 0.25) is 0 Å². The lowest BCUT2D eigenvalue weighted by atomic mass is 9.93. The number of aromatic hydroxyl groups is 1. The fraction of sp³-hybridized carbons (Fsp3) is 0.111. The van der Waals surface area contributed by atoms with Crippen LogP contribution in [0.1, 0.15) is 0 Å². The molecule has 0 heterocycles. The second kappa shape index (κ2) is 10.7. The van der Waals surface area contributed by atoms with E-state index in [2.05, 4.69) is 147 Å². The van der Waals surface area contributed by atoms with Crippen LogP contribution in [-0.2, 0) is 0 Å². The SMILES string of the molecule is CN(C)c1ccc(P(c2ccc(N(C)C)cc2)c2ccc3ccccc3c2-c2c(O)ccc3ccccc23)cc1. The lowest BCUT2D eigenvalue weighted by Gasteiger charge is -2.26. The summed E-state index contributed by atoms with van der Waals surface area (Å²) in [7, 11) is 7.34. The number of hydrogen-bond donors (Lipinski definition) is 1. The van der Waals surface area contributed by atoms with Crippen molar-refractivity contribution in [1.29, 1.82) is 0 Å². The van der Waals surface area contributed by atoms with Crippen LogP contribution in [-0.4, -0.2) is 33.3 Å². The van der Waals surface area contributed by atoms with Crippen molar-refractivity contribution in [2.24, 2.45) is 0 Å². The van der Waals surface area contributed by atoms with Gasteiger partial charge in [0, 0.05) is 50.7 Å². The Bertz CT molecular complexity index is 1760. The van der Waals surface area contributed by atoms with Crippen molar-refractivity contribution >= 4 is 56.8 Å². The highest BCUT2D eigenvalue weighted by Crippen LogP contribution is 2.45. The zero-order valence-electron chi connectivity index (χ0n) is 23.3. The van der Waals surface area contributed by atoms with Gasteiger partial charge in [0.1, 0.15) is 5.75 Å². The predicted octanol–water partition coefficient (Wildman–Crippen LogP) is 7.26. The fourth-order valence-corrected chi connectivity index (χ4v) is 7.89. The zero-order chi connectivity index (χ0) is 27.8. The maximum atomic E-state index is 11.5. The molecule has 0 saturated heterocycles. The van der Waals surface area contributed by atoms with Crippen LogP contribution >= 0.6 is 7.92 Å². The molecular formula is C36H33N2OP. The van der Waals surface area contributed by atoms with E-state index in [1.54, 1.807) is 0 Å². The Balaban J connectivity index is 1.69. The molecule has 0 fully saturated rings. The number of phenolic OH excluding ortho intramolecular Hbond substituents is 1. The minimum atomic E-state index is -0.943. The molecular weight excluding hydrogens is 507 g/mol. The van der Waals surface area contributed by atoms with Gasteiger partial charge in [0.25, 0.3) is 0 Å². The average molecular weight is 541 g/mol. The first kappa shape index (κ1) is 25.9. The Hall–Kier alpha value is -4.33. The van der Waals surface area contributed by atoms with Crippen molar-refractivity contribution < 1.29 is 5.11 Å². The third kappa shape index (κ3) is 4.68. The Morgan fingerprint density at radius 3 is 1.43 bits per heavy atom. The molecule has 0 aliphatic heterocycles. The first-order valence-electron chi connectivity index (χ1n) is 13.5. The Kier molecular flexibility index (Phi) is 6.92. The predicted molar refractivity (Wildman–Crippen MR) is 176 cm³/mol. The lowest BCUT2D eigenvalue weighted by molar-refractivity contribution is 0.478. The molecule has 0 unspecified atom stereocenters. The van der Waals surface area contributed by atoms with Gasteiger partial charge < -0.3 is 14.9 Å². The van der Waals surface area contributed by atoms with E-state index in [4.69, 9.17) is 0 Å². The molecule has 1 N–H and O–H groups in total. The van der Waals surface area contributed by atoms with Crippen LogP contribution in [0.5, 0.6) is 5.75 Å². The number of benzene rings is 6. The van der Waals surface area contributed by atoms with Crippen LogP contribution in [0.3, 0.4) is 0 Å². The average Bonchev–Trinajstić information content (AvgIpc) is 2.98. The number of hydrogen-bond acceptors (Lipinski definition) is 3. The van der Waals surface area contributed by atoms with E-state index in [0.717, 1.165) is 32.7 Å². The van der Waals surface area contributed by atoms with Gasteiger partial charge >= 0.3 is 0 Å². The molecule has 6 rings (SSSR count). The summed E-state index contributed by atoms with van der Waals surface area (Å²) in [6.45, 7) is 0. The summed E-state index contributed by atoms with van der Waals surface area (Å²) in [5.41, 5.74) is 4.35. The summed E-state index contributed by atoms with van der Waals surface area (Å²) in [6, 6.07) is 43.1. The van der Waals surface area contributed by atoms with Gasteiger partial charge in [-0.2, -0.15) is 0 Å². The fourth-order valence-electron chi connectivity index (χ4n) is 5.46. The van der Waals surface area contributed by atoms with Gasteiger partial charge in [-0.05, 0) is 75.7 Å². The molecule has 6 aromatic rings. The largest absolute Gasteiger partial charge is 0.507 e. The minimum Gasteiger partial charge on any atom is -0.507 e. The highest BCUT2D eigenvalue weighted by Gasteiger charge is 2.25. The first-order chi connectivity index (χ1) is 19.4. The quantitative estimate of drug-likeness (QED) is 0.225. The van der Waals surface area contributed by atoms with Crippen molar-refractivity contribution in [3.8, 4) is 16.9 Å². The molecule has 3 nitrogen and oxygen atoms in total. The maximum Gasteiger partial charge on any atom is 0.124 e. The summed E-state index contributed by atoms with van der Waals surface area (Å²) in [6.07, 6.45) is 0. The number of rotatable bonds is 6. The molecule has 40 heavy (non-hydrogen) atoms. The van der Waals surface area contributed by atoms with Crippen LogP contribution in [0.15, 0.2) is 121 Å². The third-order valence-electron chi connectivity index (χ3n) is 7.55. The molecule has 0 aromatic heterocycles. The number of nitrogens with zero attached hydrogens (tertiary/aromatic N) is 2. The molecule has 4 heteroatoms. The molecule has 198 valence electrons. The number of phenols is 1. The van der Waals surface area contributed by atoms with Gasteiger partial charge in [-0.25, -0.2) is 0 Å². The molecule has 0 bridgehead atoms. The van der Waals surface area contributed by atoms with E-state index in [9.17, 15) is 5.11 Å². The van der Waals surface area contributed by atoms with Crippen LogP contribution in [0.25, 0.3) is 32.7 Å². The van der Waals surface area contributed by atoms with Crippen molar-refractivity contribution in [3.63, 3.8) is 0 Å². The lowest BCUT2D eigenvalue weighted by Crippen LogP contribution is -2.23. The molecule has 0 spiro atoms. The topological polar surface area (TPSA) is 26.7 Å². The smallest absolute Gasteiger partial charge is 0.124 e. The maximum absolute atomic E-state index is 11.5. The Morgan fingerprint density at radius 1 is 0.475 bits per heavy atom. The molecule has 0 saturated carbocycles. The molecule has 0 atom stereocenters. The van der Waals surface area contributed by atoms with Crippen LogP contribution in [0, 0.1) is 0 Å². The molecule has 0 aliphatic carbocycles.